The third kappa shape index (κ3) is 3.55. The molecule has 0 amide bonds. The van der Waals surface area contributed by atoms with Crippen molar-refractivity contribution >= 4 is 21.1 Å². The van der Waals surface area contributed by atoms with E-state index >= 15 is 0 Å². The predicted molar refractivity (Wildman–Crippen MR) is 87.6 cm³/mol. The zero-order valence-electron chi connectivity index (χ0n) is 13.7. The summed E-state index contributed by atoms with van der Waals surface area (Å²) in [5.74, 6) is 0.323. The number of rotatable bonds is 6. The third-order valence-corrected chi connectivity index (χ3v) is 5.03. The van der Waals surface area contributed by atoms with Crippen molar-refractivity contribution in [3.63, 3.8) is 0 Å². The number of aliphatic hydroxyl groups is 2. The van der Waals surface area contributed by atoms with Crippen LogP contribution in [0.4, 0.5) is 0 Å². The fourth-order valence-corrected chi connectivity index (χ4v) is 3.77. The molecule has 7 nitrogen and oxygen atoms in total. The molecule has 0 fully saturated rings. The van der Waals surface area contributed by atoms with E-state index in [0.29, 0.717) is 16.9 Å². The minimum absolute atomic E-state index is 0.00689. The van der Waals surface area contributed by atoms with Gasteiger partial charge in [0.25, 0.3) is 0 Å². The Bertz CT molecular complexity index is 796. The Kier molecular flexibility index (Phi) is 5.10. The maximum Gasteiger partial charge on any atom is 0.240 e. The van der Waals surface area contributed by atoms with Gasteiger partial charge in [-0.2, -0.15) is 0 Å². The van der Waals surface area contributed by atoms with Crippen LogP contribution in [0.25, 0.3) is 11.0 Å². The summed E-state index contributed by atoms with van der Waals surface area (Å²) in [5, 5.41) is 19.1. The molecule has 8 heteroatoms. The lowest BCUT2D eigenvalue weighted by Crippen LogP contribution is -2.30. The van der Waals surface area contributed by atoms with E-state index in [4.69, 9.17) is 0 Å². The number of nitrogens with zero attached hydrogens (tertiary/aromatic N) is 2. The van der Waals surface area contributed by atoms with Crippen molar-refractivity contribution in [3.8, 4) is 0 Å². The van der Waals surface area contributed by atoms with E-state index in [1.807, 2.05) is 13.8 Å². The van der Waals surface area contributed by atoms with E-state index in [1.165, 1.54) is 12.1 Å². The summed E-state index contributed by atoms with van der Waals surface area (Å²) in [5.41, 5.74) is 1.18. The first-order chi connectivity index (χ1) is 10.7. The molecule has 0 aliphatic rings. The number of sulfonamides is 1. The summed E-state index contributed by atoms with van der Waals surface area (Å²) in [6.07, 6.45) is -1.11. The highest BCUT2D eigenvalue weighted by Gasteiger charge is 2.22. The van der Waals surface area contributed by atoms with E-state index < -0.39 is 22.7 Å². The van der Waals surface area contributed by atoms with Gasteiger partial charge >= 0.3 is 0 Å². The van der Waals surface area contributed by atoms with Crippen LogP contribution in [0.1, 0.15) is 45.7 Å². The highest BCUT2D eigenvalue weighted by atomic mass is 32.2. The quantitative estimate of drug-likeness (QED) is 0.735. The number of nitrogens with one attached hydrogen (secondary N) is 1. The molecule has 0 spiro atoms. The lowest BCUT2D eigenvalue weighted by molar-refractivity contribution is 0.0852. The monoisotopic (exact) mass is 341 g/mol. The first-order valence-electron chi connectivity index (χ1n) is 7.50. The van der Waals surface area contributed by atoms with Crippen LogP contribution in [0.15, 0.2) is 23.1 Å². The summed E-state index contributed by atoms with van der Waals surface area (Å²) in [4.78, 5) is 4.44. The Balaban J connectivity index is 2.61. The maximum atomic E-state index is 12.3. The van der Waals surface area contributed by atoms with Gasteiger partial charge in [-0.25, -0.2) is 18.1 Å². The largest absolute Gasteiger partial charge is 0.393 e. The SMILES string of the molecule is CC(C)NS(=O)(=O)c1ccc2c(c1)nc([C@@H](O)CO)n2C(C)C. The Morgan fingerprint density at radius 2 is 1.91 bits per heavy atom. The normalized spacial score (nSPS) is 14.1. The highest BCUT2D eigenvalue weighted by molar-refractivity contribution is 7.89. The summed E-state index contributed by atoms with van der Waals surface area (Å²) in [6.45, 7) is 6.91. The van der Waals surface area contributed by atoms with E-state index in [9.17, 15) is 18.6 Å². The van der Waals surface area contributed by atoms with Gasteiger partial charge in [0, 0.05) is 12.1 Å². The number of hydrogen-bond acceptors (Lipinski definition) is 5. The molecule has 1 heterocycles. The van der Waals surface area contributed by atoms with Crippen LogP contribution in [0.5, 0.6) is 0 Å². The number of fused-ring (bicyclic) bond motifs is 1. The molecule has 1 aromatic heterocycles. The van der Waals surface area contributed by atoms with Crippen LogP contribution < -0.4 is 4.72 Å². The van der Waals surface area contributed by atoms with Crippen molar-refractivity contribution in [3.05, 3.63) is 24.0 Å². The maximum absolute atomic E-state index is 12.3. The molecule has 23 heavy (non-hydrogen) atoms. The van der Waals surface area contributed by atoms with E-state index in [1.54, 1.807) is 24.5 Å². The van der Waals surface area contributed by atoms with Gasteiger partial charge in [0.15, 0.2) is 0 Å². The average Bonchev–Trinajstić information content (AvgIpc) is 2.83. The fourth-order valence-electron chi connectivity index (χ4n) is 2.50. The first kappa shape index (κ1) is 17.9. The van der Waals surface area contributed by atoms with Crippen LogP contribution in [0.2, 0.25) is 0 Å². The lowest BCUT2D eigenvalue weighted by atomic mass is 10.2. The van der Waals surface area contributed by atoms with Gasteiger partial charge in [0.2, 0.25) is 10.0 Å². The van der Waals surface area contributed by atoms with E-state index in [-0.39, 0.29) is 17.0 Å². The summed E-state index contributed by atoms with van der Waals surface area (Å²) >= 11 is 0. The van der Waals surface area contributed by atoms with Crippen molar-refractivity contribution in [1.82, 2.24) is 14.3 Å². The smallest absolute Gasteiger partial charge is 0.240 e. The number of imidazole rings is 1. The molecule has 0 saturated heterocycles. The molecule has 0 aliphatic heterocycles. The third-order valence-electron chi connectivity index (χ3n) is 3.38. The zero-order valence-corrected chi connectivity index (χ0v) is 14.5. The van der Waals surface area contributed by atoms with Crippen molar-refractivity contribution in [2.24, 2.45) is 0 Å². The van der Waals surface area contributed by atoms with Crippen molar-refractivity contribution in [1.29, 1.82) is 0 Å². The van der Waals surface area contributed by atoms with E-state index in [2.05, 4.69) is 9.71 Å². The second-order valence-corrected chi connectivity index (χ2v) is 7.77. The molecule has 2 rings (SSSR count). The number of aromatic nitrogens is 2. The molecular formula is C15H23N3O4S. The van der Waals surface area contributed by atoms with Crippen LogP contribution in [-0.2, 0) is 10.0 Å². The Labute approximate surface area is 136 Å². The van der Waals surface area contributed by atoms with Gasteiger partial charge in [-0.05, 0) is 45.9 Å². The van der Waals surface area contributed by atoms with Crippen LogP contribution in [0, 0.1) is 0 Å². The minimum atomic E-state index is -3.61. The van der Waals surface area contributed by atoms with Gasteiger partial charge in [0.05, 0.1) is 22.5 Å². The molecule has 128 valence electrons. The van der Waals surface area contributed by atoms with Crippen molar-refractivity contribution < 1.29 is 18.6 Å². The molecule has 1 atom stereocenters. The molecule has 3 N–H and O–H groups in total. The van der Waals surface area contributed by atoms with Crippen molar-refractivity contribution in [2.75, 3.05) is 6.61 Å². The van der Waals surface area contributed by atoms with Gasteiger partial charge < -0.3 is 14.8 Å². The second-order valence-electron chi connectivity index (χ2n) is 6.06. The fraction of sp³-hybridized carbons (Fsp3) is 0.533. The molecule has 0 bridgehead atoms. The topological polar surface area (TPSA) is 104 Å². The minimum Gasteiger partial charge on any atom is -0.393 e. The second kappa shape index (κ2) is 6.56. The molecule has 0 aliphatic carbocycles. The average molecular weight is 341 g/mol. The first-order valence-corrected chi connectivity index (χ1v) is 8.98. The Morgan fingerprint density at radius 3 is 2.43 bits per heavy atom. The number of benzene rings is 1. The lowest BCUT2D eigenvalue weighted by Gasteiger charge is -2.15. The van der Waals surface area contributed by atoms with Gasteiger partial charge in [-0.15, -0.1) is 0 Å². The molecule has 0 saturated carbocycles. The molecule has 0 unspecified atom stereocenters. The van der Waals surface area contributed by atoms with Gasteiger partial charge in [0.1, 0.15) is 11.9 Å². The predicted octanol–water partition coefficient (Wildman–Crippen LogP) is 1.33. The standard InChI is InChI=1S/C15H23N3O4S/c1-9(2)17-23(21,22)11-5-6-13-12(7-11)16-15(14(20)8-19)18(13)10(3)4/h5-7,9-10,14,17,19-20H,8H2,1-4H3/t14-/m0/s1. The van der Waals surface area contributed by atoms with Gasteiger partial charge in [-0.1, -0.05) is 0 Å². The number of hydrogen-bond donors (Lipinski definition) is 3. The highest BCUT2D eigenvalue weighted by Crippen LogP contribution is 2.27. The summed E-state index contributed by atoms with van der Waals surface area (Å²) in [7, 11) is -3.61. The van der Waals surface area contributed by atoms with Crippen LogP contribution in [-0.4, -0.2) is 40.8 Å². The van der Waals surface area contributed by atoms with Crippen LogP contribution >= 0.6 is 0 Å². The van der Waals surface area contributed by atoms with Gasteiger partial charge in [-0.3, -0.25) is 0 Å². The Hall–Kier alpha value is -1.48. The number of aliphatic hydroxyl groups excluding tert-OH is 2. The van der Waals surface area contributed by atoms with E-state index in [0.717, 1.165) is 0 Å². The summed E-state index contributed by atoms with van der Waals surface area (Å²) < 4.78 is 28.9. The van der Waals surface area contributed by atoms with Crippen LogP contribution in [0.3, 0.4) is 0 Å². The summed E-state index contributed by atoms with van der Waals surface area (Å²) in [6, 6.07) is 4.46. The molecule has 1 aromatic carbocycles. The zero-order chi connectivity index (χ0) is 17.4. The molecular weight excluding hydrogens is 318 g/mol. The molecule has 0 radical (unpaired) electrons. The Morgan fingerprint density at radius 1 is 1.26 bits per heavy atom. The molecule has 2 aromatic rings. The van der Waals surface area contributed by atoms with Crippen molar-refractivity contribution in [2.45, 2.75) is 50.8 Å².